The quantitative estimate of drug-likeness (QED) is 0.581. The molecular formula is C17H25N5O3. The zero-order chi connectivity index (χ0) is 18.2. The van der Waals surface area contributed by atoms with Gasteiger partial charge in [-0.05, 0) is 17.7 Å². The Morgan fingerprint density at radius 2 is 1.64 bits per heavy atom. The Bertz CT molecular complexity index is 702. The standard InChI is InChI=1S/C17H25N5O3/c1-18-17(20-9-13-10-21-22(2)11-13)19-8-12-6-14(23-3)16(25-5)15(7-12)24-4/h6-7,10-11H,8-9H2,1-5H3,(H2,18,19,20). The molecule has 2 rings (SSSR count). The van der Waals surface area contributed by atoms with Crippen molar-refractivity contribution in [2.24, 2.45) is 12.0 Å². The van der Waals surface area contributed by atoms with Crippen LogP contribution in [-0.2, 0) is 20.1 Å². The normalized spacial score (nSPS) is 11.2. The lowest BCUT2D eigenvalue weighted by Crippen LogP contribution is -2.36. The third-order valence-electron chi connectivity index (χ3n) is 3.63. The first-order valence-electron chi connectivity index (χ1n) is 7.82. The molecule has 2 aromatic rings. The first-order chi connectivity index (χ1) is 12.1. The van der Waals surface area contributed by atoms with Crippen LogP contribution in [0.5, 0.6) is 17.2 Å². The van der Waals surface area contributed by atoms with E-state index in [2.05, 4.69) is 20.7 Å². The zero-order valence-electron chi connectivity index (χ0n) is 15.3. The van der Waals surface area contributed by atoms with Gasteiger partial charge in [-0.3, -0.25) is 9.67 Å². The summed E-state index contributed by atoms with van der Waals surface area (Å²) in [6.07, 6.45) is 3.78. The molecule has 25 heavy (non-hydrogen) atoms. The summed E-state index contributed by atoms with van der Waals surface area (Å²) in [7, 11) is 8.41. The summed E-state index contributed by atoms with van der Waals surface area (Å²) >= 11 is 0. The second kappa shape index (κ2) is 8.81. The van der Waals surface area contributed by atoms with Crippen LogP contribution in [0.1, 0.15) is 11.1 Å². The van der Waals surface area contributed by atoms with E-state index in [4.69, 9.17) is 14.2 Å². The minimum absolute atomic E-state index is 0.559. The number of aryl methyl sites for hydroxylation is 1. The predicted octanol–water partition coefficient (Wildman–Crippen LogP) is 1.31. The van der Waals surface area contributed by atoms with Gasteiger partial charge < -0.3 is 24.8 Å². The van der Waals surface area contributed by atoms with Gasteiger partial charge in [-0.2, -0.15) is 5.10 Å². The molecule has 1 aromatic carbocycles. The number of methoxy groups -OCH3 is 3. The summed E-state index contributed by atoms with van der Waals surface area (Å²) in [5, 5.41) is 10.7. The highest BCUT2D eigenvalue weighted by molar-refractivity contribution is 5.79. The molecule has 0 amide bonds. The number of nitrogens with one attached hydrogen (secondary N) is 2. The smallest absolute Gasteiger partial charge is 0.203 e. The molecule has 0 aliphatic carbocycles. The molecule has 136 valence electrons. The van der Waals surface area contributed by atoms with E-state index in [1.165, 1.54) is 0 Å². The molecule has 0 fully saturated rings. The molecule has 0 radical (unpaired) electrons. The Balaban J connectivity index is 2.01. The second-order valence-electron chi connectivity index (χ2n) is 5.34. The van der Waals surface area contributed by atoms with Gasteiger partial charge in [0.2, 0.25) is 5.75 Å². The SMILES string of the molecule is CN=C(NCc1cc(OC)c(OC)c(OC)c1)NCc1cnn(C)c1. The van der Waals surface area contributed by atoms with Gasteiger partial charge in [-0.1, -0.05) is 0 Å². The van der Waals surface area contributed by atoms with Crippen LogP contribution in [0.15, 0.2) is 29.5 Å². The van der Waals surface area contributed by atoms with E-state index in [1.807, 2.05) is 31.6 Å². The first kappa shape index (κ1) is 18.4. The van der Waals surface area contributed by atoms with Crippen LogP contribution >= 0.6 is 0 Å². The Morgan fingerprint density at radius 1 is 1.04 bits per heavy atom. The molecule has 0 saturated heterocycles. The van der Waals surface area contributed by atoms with Crippen molar-refractivity contribution in [1.82, 2.24) is 20.4 Å². The van der Waals surface area contributed by atoms with E-state index in [0.29, 0.717) is 36.3 Å². The van der Waals surface area contributed by atoms with Gasteiger partial charge in [0.1, 0.15) is 0 Å². The van der Waals surface area contributed by atoms with Crippen molar-refractivity contribution in [3.8, 4) is 17.2 Å². The fourth-order valence-corrected chi connectivity index (χ4v) is 2.39. The molecule has 0 atom stereocenters. The van der Waals surface area contributed by atoms with E-state index in [1.54, 1.807) is 33.1 Å². The zero-order valence-corrected chi connectivity index (χ0v) is 15.3. The van der Waals surface area contributed by atoms with Crippen molar-refractivity contribution in [1.29, 1.82) is 0 Å². The van der Waals surface area contributed by atoms with E-state index in [9.17, 15) is 0 Å². The van der Waals surface area contributed by atoms with Crippen LogP contribution in [-0.4, -0.2) is 44.1 Å². The van der Waals surface area contributed by atoms with Gasteiger partial charge in [0.05, 0.1) is 27.5 Å². The average Bonchev–Trinajstić information content (AvgIpc) is 3.06. The van der Waals surface area contributed by atoms with Crippen LogP contribution in [0.4, 0.5) is 0 Å². The second-order valence-corrected chi connectivity index (χ2v) is 5.34. The number of hydrogen-bond donors (Lipinski definition) is 2. The monoisotopic (exact) mass is 347 g/mol. The van der Waals surface area contributed by atoms with Gasteiger partial charge in [0.15, 0.2) is 17.5 Å². The van der Waals surface area contributed by atoms with Gasteiger partial charge >= 0.3 is 0 Å². The van der Waals surface area contributed by atoms with Gasteiger partial charge in [0, 0.05) is 38.9 Å². The van der Waals surface area contributed by atoms with Crippen molar-refractivity contribution < 1.29 is 14.2 Å². The van der Waals surface area contributed by atoms with Crippen molar-refractivity contribution >= 4 is 5.96 Å². The van der Waals surface area contributed by atoms with Crippen LogP contribution < -0.4 is 24.8 Å². The van der Waals surface area contributed by atoms with Crippen LogP contribution in [0, 0.1) is 0 Å². The number of aromatic nitrogens is 2. The minimum Gasteiger partial charge on any atom is -0.493 e. The number of nitrogens with zero attached hydrogens (tertiary/aromatic N) is 3. The number of benzene rings is 1. The third kappa shape index (κ3) is 4.79. The van der Waals surface area contributed by atoms with E-state index < -0.39 is 0 Å². The average molecular weight is 347 g/mol. The molecule has 0 unspecified atom stereocenters. The lowest BCUT2D eigenvalue weighted by atomic mass is 10.2. The van der Waals surface area contributed by atoms with Gasteiger partial charge in [0.25, 0.3) is 0 Å². The number of aliphatic imine (C=N–C) groups is 1. The van der Waals surface area contributed by atoms with E-state index in [-0.39, 0.29) is 0 Å². The highest BCUT2D eigenvalue weighted by atomic mass is 16.5. The Morgan fingerprint density at radius 3 is 2.08 bits per heavy atom. The lowest BCUT2D eigenvalue weighted by Gasteiger charge is -2.15. The van der Waals surface area contributed by atoms with Crippen molar-refractivity contribution in [3.05, 3.63) is 35.7 Å². The molecule has 0 aliphatic rings. The van der Waals surface area contributed by atoms with Crippen molar-refractivity contribution in [3.63, 3.8) is 0 Å². The van der Waals surface area contributed by atoms with Gasteiger partial charge in [-0.15, -0.1) is 0 Å². The molecule has 1 aromatic heterocycles. The summed E-state index contributed by atoms with van der Waals surface area (Å²) in [5.41, 5.74) is 2.07. The summed E-state index contributed by atoms with van der Waals surface area (Å²) in [5.74, 6) is 2.51. The van der Waals surface area contributed by atoms with Gasteiger partial charge in [-0.25, -0.2) is 0 Å². The number of rotatable bonds is 7. The maximum atomic E-state index is 5.37. The molecule has 8 nitrogen and oxygen atoms in total. The predicted molar refractivity (Wildman–Crippen MR) is 96.3 cm³/mol. The van der Waals surface area contributed by atoms with E-state index in [0.717, 1.165) is 11.1 Å². The summed E-state index contributed by atoms with van der Waals surface area (Å²) < 4.78 is 17.8. The number of ether oxygens (including phenoxy) is 3. The van der Waals surface area contributed by atoms with Crippen LogP contribution in [0.25, 0.3) is 0 Å². The first-order valence-corrected chi connectivity index (χ1v) is 7.82. The maximum Gasteiger partial charge on any atom is 0.203 e. The lowest BCUT2D eigenvalue weighted by molar-refractivity contribution is 0.323. The van der Waals surface area contributed by atoms with Crippen LogP contribution in [0.2, 0.25) is 0 Å². The molecule has 1 heterocycles. The summed E-state index contributed by atoms with van der Waals surface area (Å²) in [6.45, 7) is 1.20. The fraction of sp³-hybridized carbons (Fsp3) is 0.412. The highest BCUT2D eigenvalue weighted by Crippen LogP contribution is 2.38. The largest absolute Gasteiger partial charge is 0.493 e. The molecule has 2 N–H and O–H groups in total. The van der Waals surface area contributed by atoms with Crippen molar-refractivity contribution in [2.45, 2.75) is 13.1 Å². The van der Waals surface area contributed by atoms with E-state index >= 15 is 0 Å². The van der Waals surface area contributed by atoms with Crippen molar-refractivity contribution in [2.75, 3.05) is 28.4 Å². The number of hydrogen-bond acceptors (Lipinski definition) is 5. The van der Waals surface area contributed by atoms with Crippen LogP contribution in [0.3, 0.4) is 0 Å². The molecule has 0 bridgehead atoms. The molecule has 0 aliphatic heterocycles. The molecule has 0 spiro atoms. The third-order valence-corrected chi connectivity index (χ3v) is 3.63. The minimum atomic E-state index is 0.559. The topological polar surface area (TPSA) is 81.9 Å². The number of guanidine groups is 1. The molecule has 8 heteroatoms. The molecular weight excluding hydrogens is 322 g/mol. The Hall–Kier alpha value is -2.90. The summed E-state index contributed by atoms with van der Waals surface area (Å²) in [4.78, 5) is 4.22. The summed E-state index contributed by atoms with van der Waals surface area (Å²) in [6, 6.07) is 3.81. The Labute approximate surface area is 147 Å². The molecule has 0 saturated carbocycles. The fourth-order valence-electron chi connectivity index (χ4n) is 2.39. The highest BCUT2D eigenvalue weighted by Gasteiger charge is 2.13. The Kier molecular flexibility index (Phi) is 6.50. The maximum absolute atomic E-state index is 5.37.